The molecular weight excluding hydrogens is 328 g/mol. The molecule has 17 heavy (non-hydrogen) atoms. The standard InChI is InChI=1S/C11H12BrClO3S/c12-7-4-8(17-10(7)13)9(14)5-2-1-3-6(5)11(15)16/h4-6,9,14H,1-3H2,(H,15,16). The lowest BCUT2D eigenvalue weighted by Gasteiger charge is -2.20. The second-order valence-corrected chi connectivity index (χ2v) is 6.79. The van der Waals surface area contributed by atoms with Gasteiger partial charge in [-0.3, -0.25) is 4.79 Å². The molecule has 3 nitrogen and oxygen atoms in total. The van der Waals surface area contributed by atoms with E-state index in [2.05, 4.69) is 15.9 Å². The number of aliphatic hydroxyl groups excluding tert-OH is 1. The lowest BCUT2D eigenvalue weighted by atomic mass is 9.90. The molecule has 1 heterocycles. The topological polar surface area (TPSA) is 57.5 Å². The second-order valence-electron chi connectivity index (χ2n) is 4.25. The summed E-state index contributed by atoms with van der Waals surface area (Å²) < 4.78 is 1.34. The zero-order valence-electron chi connectivity index (χ0n) is 8.90. The predicted octanol–water partition coefficient (Wildman–Crippen LogP) is 3.70. The molecule has 0 aliphatic heterocycles. The summed E-state index contributed by atoms with van der Waals surface area (Å²) in [5, 5.41) is 19.3. The molecule has 1 aromatic rings. The van der Waals surface area contributed by atoms with Crippen molar-refractivity contribution in [3.8, 4) is 0 Å². The highest BCUT2D eigenvalue weighted by Gasteiger charge is 2.38. The largest absolute Gasteiger partial charge is 0.481 e. The molecule has 0 bridgehead atoms. The van der Waals surface area contributed by atoms with E-state index in [9.17, 15) is 9.90 Å². The molecule has 1 aliphatic carbocycles. The lowest BCUT2D eigenvalue weighted by molar-refractivity contribution is -0.144. The zero-order valence-corrected chi connectivity index (χ0v) is 12.1. The number of rotatable bonds is 3. The van der Waals surface area contributed by atoms with Crippen molar-refractivity contribution in [2.45, 2.75) is 25.4 Å². The molecule has 1 aliphatic rings. The fraction of sp³-hybridized carbons (Fsp3) is 0.545. The number of carboxylic acids is 1. The molecule has 0 radical (unpaired) electrons. The van der Waals surface area contributed by atoms with Gasteiger partial charge in [-0.25, -0.2) is 0 Å². The highest BCUT2D eigenvalue weighted by atomic mass is 79.9. The summed E-state index contributed by atoms with van der Waals surface area (Å²) in [4.78, 5) is 11.8. The van der Waals surface area contributed by atoms with E-state index in [1.807, 2.05) is 0 Å². The molecule has 2 N–H and O–H groups in total. The van der Waals surface area contributed by atoms with Gasteiger partial charge in [0.05, 0.1) is 12.0 Å². The third-order valence-electron chi connectivity index (χ3n) is 3.25. The Morgan fingerprint density at radius 1 is 1.59 bits per heavy atom. The van der Waals surface area contributed by atoms with Crippen LogP contribution in [0.15, 0.2) is 10.5 Å². The molecule has 3 atom stereocenters. The van der Waals surface area contributed by atoms with Crippen molar-refractivity contribution in [2.75, 3.05) is 0 Å². The van der Waals surface area contributed by atoms with Crippen LogP contribution in [0.5, 0.6) is 0 Å². The van der Waals surface area contributed by atoms with Gasteiger partial charge in [0.15, 0.2) is 0 Å². The lowest BCUT2D eigenvalue weighted by Crippen LogP contribution is -2.23. The maximum absolute atomic E-state index is 11.1. The first kappa shape index (κ1) is 13.3. The van der Waals surface area contributed by atoms with Crippen molar-refractivity contribution in [1.82, 2.24) is 0 Å². The molecule has 0 aromatic carbocycles. The average molecular weight is 340 g/mol. The van der Waals surface area contributed by atoms with E-state index >= 15 is 0 Å². The normalized spacial score (nSPS) is 26.1. The minimum absolute atomic E-state index is 0.200. The first-order valence-electron chi connectivity index (χ1n) is 5.36. The highest BCUT2D eigenvalue weighted by Crippen LogP contribution is 2.44. The van der Waals surface area contributed by atoms with Crippen molar-refractivity contribution in [3.63, 3.8) is 0 Å². The Bertz CT molecular complexity index is 415. The predicted molar refractivity (Wildman–Crippen MR) is 70.5 cm³/mol. The minimum atomic E-state index is -0.812. The van der Waals surface area contributed by atoms with Gasteiger partial charge in [-0.1, -0.05) is 18.0 Å². The van der Waals surface area contributed by atoms with Crippen LogP contribution in [-0.2, 0) is 4.79 Å². The average Bonchev–Trinajstić information content (AvgIpc) is 2.85. The Kier molecular flexibility index (Phi) is 4.13. The summed E-state index contributed by atoms with van der Waals surface area (Å²) in [6.07, 6.45) is 1.54. The molecule has 3 unspecified atom stereocenters. The number of aliphatic hydroxyl groups is 1. The van der Waals surface area contributed by atoms with E-state index in [4.69, 9.17) is 16.7 Å². The SMILES string of the molecule is O=C(O)C1CCCC1C(O)c1cc(Br)c(Cl)s1. The van der Waals surface area contributed by atoms with Crippen LogP contribution in [0.25, 0.3) is 0 Å². The van der Waals surface area contributed by atoms with Crippen molar-refractivity contribution in [2.24, 2.45) is 11.8 Å². The Balaban J connectivity index is 2.19. The molecule has 1 aromatic heterocycles. The van der Waals surface area contributed by atoms with Gasteiger partial charge in [0, 0.05) is 15.3 Å². The number of halogens is 2. The quantitative estimate of drug-likeness (QED) is 0.883. The molecular formula is C11H12BrClO3S. The van der Waals surface area contributed by atoms with Crippen LogP contribution in [0.4, 0.5) is 0 Å². The van der Waals surface area contributed by atoms with Crippen LogP contribution in [0.2, 0.25) is 4.34 Å². The van der Waals surface area contributed by atoms with Gasteiger partial charge in [0.25, 0.3) is 0 Å². The molecule has 0 saturated heterocycles. The molecule has 1 saturated carbocycles. The summed E-state index contributed by atoms with van der Waals surface area (Å²) in [6, 6.07) is 1.77. The van der Waals surface area contributed by atoms with Crippen molar-refractivity contribution in [3.05, 3.63) is 19.8 Å². The third-order valence-corrected chi connectivity index (χ3v) is 5.79. The van der Waals surface area contributed by atoms with E-state index in [1.165, 1.54) is 11.3 Å². The van der Waals surface area contributed by atoms with E-state index in [-0.39, 0.29) is 5.92 Å². The zero-order chi connectivity index (χ0) is 12.6. The molecule has 6 heteroatoms. The third kappa shape index (κ3) is 2.67. The first-order valence-corrected chi connectivity index (χ1v) is 7.35. The number of hydrogen-bond acceptors (Lipinski definition) is 3. The van der Waals surface area contributed by atoms with Gasteiger partial charge < -0.3 is 10.2 Å². The summed E-state index contributed by atoms with van der Waals surface area (Å²) in [6.45, 7) is 0. The highest BCUT2D eigenvalue weighted by molar-refractivity contribution is 9.10. The van der Waals surface area contributed by atoms with E-state index in [0.717, 1.165) is 22.2 Å². The number of hydrogen-bond donors (Lipinski definition) is 2. The fourth-order valence-electron chi connectivity index (χ4n) is 2.39. The van der Waals surface area contributed by atoms with Gasteiger partial charge in [0.2, 0.25) is 0 Å². The van der Waals surface area contributed by atoms with Crippen LogP contribution in [0, 0.1) is 11.8 Å². The van der Waals surface area contributed by atoms with Gasteiger partial charge in [0.1, 0.15) is 4.34 Å². The smallest absolute Gasteiger partial charge is 0.306 e. The van der Waals surface area contributed by atoms with Crippen molar-refractivity contribution < 1.29 is 15.0 Å². The Labute approximate surface area is 117 Å². The number of carbonyl (C=O) groups is 1. The van der Waals surface area contributed by atoms with Crippen LogP contribution >= 0.6 is 38.9 Å². The van der Waals surface area contributed by atoms with Crippen molar-refractivity contribution in [1.29, 1.82) is 0 Å². The minimum Gasteiger partial charge on any atom is -0.481 e. The summed E-state index contributed by atoms with van der Waals surface area (Å²) >= 11 is 10.5. The van der Waals surface area contributed by atoms with Gasteiger partial charge in [-0.15, -0.1) is 11.3 Å². The van der Waals surface area contributed by atoms with Crippen LogP contribution in [0.3, 0.4) is 0 Å². The summed E-state index contributed by atoms with van der Waals surface area (Å²) in [5.41, 5.74) is 0. The number of carboxylic acid groups (broad SMARTS) is 1. The van der Waals surface area contributed by atoms with Crippen molar-refractivity contribution >= 4 is 44.8 Å². The maximum atomic E-state index is 11.1. The van der Waals surface area contributed by atoms with E-state index in [0.29, 0.717) is 10.8 Å². The van der Waals surface area contributed by atoms with Gasteiger partial charge in [-0.05, 0) is 34.8 Å². The fourth-order valence-corrected chi connectivity index (χ4v) is 4.19. The number of aliphatic carboxylic acids is 1. The van der Waals surface area contributed by atoms with Gasteiger partial charge in [-0.2, -0.15) is 0 Å². The second kappa shape index (κ2) is 5.26. The molecule has 2 rings (SSSR count). The monoisotopic (exact) mass is 338 g/mol. The van der Waals surface area contributed by atoms with Crippen LogP contribution in [-0.4, -0.2) is 16.2 Å². The number of thiophene rings is 1. The molecule has 1 fully saturated rings. The Hall–Kier alpha value is -0.100. The molecule has 0 spiro atoms. The maximum Gasteiger partial charge on any atom is 0.306 e. The Morgan fingerprint density at radius 2 is 2.29 bits per heavy atom. The summed E-state index contributed by atoms with van der Waals surface area (Å²) in [5.74, 6) is -1.45. The molecule has 94 valence electrons. The van der Waals surface area contributed by atoms with E-state index in [1.54, 1.807) is 6.07 Å². The summed E-state index contributed by atoms with van der Waals surface area (Å²) in [7, 11) is 0. The molecule has 0 amide bonds. The van der Waals surface area contributed by atoms with Crippen LogP contribution in [0.1, 0.15) is 30.2 Å². The first-order chi connectivity index (χ1) is 8.00. The van der Waals surface area contributed by atoms with E-state index < -0.39 is 18.0 Å². The Morgan fingerprint density at radius 3 is 2.82 bits per heavy atom. The van der Waals surface area contributed by atoms with Gasteiger partial charge >= 0.3 is 5.97 Å². The van der Waals surface area contributed by atoms with Crippen LogP contribution < -0.4 is 0 Å².